The number of thioether (sulfide) groups is 1. The number of nitro benzene ring substituents is 1. The second-order valence-corrected chi connectivity index (χ2v) is 10.3. The molecule has 1 saturated carbocycles. The molecule has 2 bridgehead atoms. The number of carbonyl (C=O) groups is 1. The number of amides is 1. The van der Waals surface area contributed by atoms with Gasteiger partial charge in [0.15, 0.2) is 0 Å². The Morgan fingerprint density at radius 2 is 2.07 bits per heavy atom. The van der Waals surface area contributed by atoms with Crippen LogP contribution < -0.4 is 5.32 Å². The van der Waals surface area contributed by atoms with Gasteiger partial charge in [0, 0.05) is 23.5 Å². The van der Waals surface area contributed by atoms with Crippen LogP contribution in [0.15, 0.2) is 23.4 Å². The molecule has 0 radical (unpaired) electrons. The molecule has 1 fully saturated rings. The molecule has 0 saturated heterocycles. The Morgan fingerprint density at radius 3 is 2.77 bits per heavy atom. The van der Waals surface area contributed by atoms with Gasteiger partial charge in [-0.05, 0) is 37.7 Å². The van der Waals surface area contributed by atoms with E-state index in [-0.39, 0.29) is 22.4 Å². The largest absolute Gasteiger partial charge is 0.325 e. The van der Waals surface area contributed by atoms with Crippen LogP contribution in [-0.2, 0) is 10.2 Å². The van der Waals surface area contributed by atoms with E-state index < -0.39 is 10.2 Å². The van der Waals surface area contributed by atoms with Crippen LogP contribution in [0.1, 0.15) is 63.4 Å². The Hall–Kier alpha value is -2.55. The van der Waals surface area contributed by atoms with Crippen LogP contribution in [0.3, 0.4) is 0 Å². The van der Waals surface area contributed by atoms with Crippen LogP contribution in [-0.4, -0.2) is 31.3 Å². The molecule has 0 spiro atoms. The Morgan fingerprint density at radius 1 is 1.33 bits per heavy atom. The lowest BCUT2D eigenvalue weighted by Crippen LogP contribution is -2.32. The summed E-state index contributed by atoms with van der Waals surface area (Å²) in [6, 6.07) is 4.41. The highest BCUT2D eigenvalue weighted by Gasteiger charge is 2.61. The molecule has 2 aromatic rings. The molecule has 9 heteroatoms. The summed E-state index contributed by atoms with van der Waals surface area (Å²) in [5.74, 6) is 0.120. The zero-order chi connectivity index (χ0) is 21.8. The highest BCUT2D eigenvalue weighted by Crippen LogP contribution is 2.66. The summed E-state index contributed by atoms with van der Waals surface area (Å²) in [5.41, 5.74) is 3.22. The van der Waals surface area contributed by atoms with E-state index in [1.54, 1.807) is 19.9 Å². The third kappa shape index (κ3) is 3.07. The molecule has 3 atom stereocenters. The number of anilines is 1. The molecule has 158 valence electrons. The number of aromatic nitrogens is 3. The summed E-state index contributed by atoms with van der Waals surface area (Å²) < 4.78 is 0. The second kappa shape index (κ2) is 7.01. The lowest BCUT2D eigenvalue weighted by atomic mass is 9.70. The number of nitrogens with zero attached hydrogens (tertiary/aromatic N) is 4. The molecule has 2 aliphatic rings. The summed E-state index contributed by atoms with van der Waals surface area (Å²) in [6.45, 7) is 10.4. The van der Waals surface area contributed by atoms with Crippen LogP contribution >= 0.6 is 11.8 Å². The van der Waals surface area contributed by atoms with E-state index in [0.29, 0.717) is 16.8 Å². The van der Waals surface area contributed by atoms with Crippen molar-refractivity contribution >= 4 is 29.0 Å². The lowest BCUT2D eigenvalue weighted by Gasteiger charge is -2.34. The highest BCUT2D eigenvalue weighted by atomic mass is 32.2. The third-order valence-corrected chi connectivity index (χ3v) is 8.06. The molecule has 1 N–H and O–H groups in total. The predicted octanol–water partition coefficient (Wildman–Crippen LogP) is 4.38. The summed E-state index contributed by atoms with van der Waals surface area (Å²) in [6.07, 6.45) is 2.20. The van der Waals surface area contributed by atoms with Crippen molar-refractivity contribution < 1.29 is 9.72 Å². The van der Waals surface area contributed by atoms with Crippen molar-refractivity contribution in [2.45, 2.75) is 69.2 Å². The van der Waals surface area contributed by atoms with Gasteiger partial charge < -0.3 is 5.32 Å². The van der Waals surface area contributed by atoms with Crippen LogP contribution in [0.25, 0.3) is 0 Å². The Kier molecular flexibility index (Phi) is 4.84. The minimum absolute atomic E-state index is 0.0240. The molecule has 1 amide bonds. The molecule has 0 aliphatic heterocycles. The Balaban J connectivity index is 1.51. The van der Waals surface area contributed by atoms with Gasteiger partial charge in [-0.3, -0.25) is 14.9 Å². The van der Waals surface area contributed by atoms with Crippen molar-refractivity contribution in [1.29, 1.82) is 0 Å². The van der Waals surface area contributed by atoms with Crippen LogP contribution in [0.4, 0.5) is 11.4 Å². The zero-order valence-corrected chi connectivity index (χ0v) is 18.5. The van der Waals surface area contributed by atoms with E-state index in [4.69, 9.17) is 4.98 Å². The fourth-order valence-electron chi connectivity index (χ4n) is 4.72. The first-order valence-electron chi connectivity index (χ1n) is 10.0. The van der Waals surface area contributed by atoms with E-state index in [1.807, 2.05) is 0 Å². The predicted molar refractivity (Wildman–Crippen MR) is 115 cm³/mol. The SMILES string of the molecule is Cc1ccc([N+](=O)[O-])cc1NC(=O)[C@@H](C)Sc1nnc2c(n1)[C@]1(C)CC[C@@H]2C1(C)C. The fourth-order valence-corrected chi connectivity index (χ4v) is 5.43. The number of rotatable bonds is 5. The quantitative estimate of drug-likeness (QED) is 0.428. The summed E-state index contributed by atoms with van der Waals surface area (Å²) in [4.78, 5) is 28.0. The molecule has 1 aromatic heterocycles. The van der Waals surface area contributed by atoms with Crippen molar-refractivity contribution in [3.63, 3.8) is 0 Å². The molecule has 8 nitrogen and oxygen atoms in total. The van der Waals surface area contributed by atoms with Crippen molar-refractivity contribution in [2.75, 3.05) is 5.32 Å². The molecule has 1 aromatic carbocycles. The Bertz CT molecular complexity index is 1060. The van der Waals surface area contributed by atoms with Crippen LogP contribution in [0.2, 0.25) is 0 Å². The van der Waals surface area contributed by atoms with Gasteiger partial charge in [0.2, 0.25) is 11.1 Å². The van der Waals surface area contributed by atoms with Gasteiger partial charge in [0.25, 0.3) is 5.69 Å². The van der Waals surface area contributed by atoms with Gasteiger partial charge in [-0.1, -0.05) is 38.6 Å². The smallest absolute Gasteiger partial charge is 0.271 e. The van der Waals surface area contributed by atoms with E-state index in [2.05, 4.69) is 36.3 Å². The average molecular weight is 428 g/mol. The Labute approximate surface area is 179 Å². The van der Waals surface area contributed by atoms with Crippen molar-refractivity contribution in [3.05, 3.63) is 45.3 Å². The van der Waals surface area contributed by atoms with Crippen molar-refractivity contribution in [1.82, 2.24) is 15.2 Å². The van der Waals surface area contributed by atoms with Crippen LogP contribution in [0.5, 0.6) is 0 Å². The zero-order valence-electron chi connectivity index (χ0n) is 17.7. The maximum atomic E-state index is 12.7. The van der Waals surface area contributed by atoms with Crippen molar-refractivity contribution in [3.8, 4) is 0 Å². The number of hydrogen-bond donors (Lipinski definition) is 1. The number of non-ortho nitro benzene ring substituents is 1. The standard InChI is InChI=1S/C21H25N5O3S/c1-11-6-7-13(26(28)29)10-15(11)22-18(27)12(2)30-19-23-17-16(24-25-19)14-8-9-21(17,5)20(14,3)4/h6-7,10,12,14H,8-9H2,1-5H3,(H,22,27)/t12-,14+,21+/m1/s1. The normalized spacial score (nSPS) is 24.4. The van der Waals surface area contributed by atoms with E-state index in [0.717, 1.165) is 29.8 Å². The average Bonchev–Trinajstić information content (AvgIpc) is 3.01. The number of aryl methyl sites for hydroxylation is 1. The summed E-state index contributed by atoms with van der Waals surface area (Å²) >= 11 is 1.25. The topological polar surface area (TPSA) is 111 Å². The first-order chi connectivity index (χ1) is 14.0. The maximum Gasteiger partial charge on any atom is 0.271 e. The molecular formula is C21H25N5O3S. The number of nitro groups is 1. The second-order valence-electron chi connectivity index (χ2n) is 8.98. The summed E-state index contributed by atoms with van der Waals surface area (Å²) in [7, 11) is 0. The number of carbonyl (C=O) groups excluding carboxylic acids is 1. The first kappa shape index (κ1) is 20.7. The number of nitrogens with one attached hydrogen (secondary N) is 1. The van der Waals surface area contributed by atoms with E-state index in [9.17, 15) is 14.9 Å². The monoisotopic (exact) mass is 427 g/mol. The van der Waals surface area contributed by atoms with Gasteiger partial charge >= 0.3 is 0 Å². The molecule has 1 heterocycles. The lowest BCUT2D eigenvalue weighted by molar-refractivity contribution is -0.384. The number of hydrogen-bond acceptors (Lipinski definition) is 7. The van der Waals surface area contributed by atoms with Crippen molar-refractivity contribution in [2.24, 2.45) is 5.41 Å². The third-order valence-electron chi connectivity index (χ3n) is 7.11. The van der Waals surface area contributed by atoms with Gasteiger partial charge in [-0.25, -0.2) is 4.98 Å². The van der Waals surface area contributed by atoms with Gasteiger partial charge in [-0.15, -0.1) is 5.10 Å². The van der Waals surface area contributed by atoms with E-state index >= 15 is 0 Å². The molecule has 2 aliphatic carbocycles. The van der Waals surface area contributed by atoms with Gasteiger partial charge in [0.05, 0.1) is 27.2 Å². The van der Waals surface area contributed by atoms with Gasteiger partial charge in [0.1, 0.15) is 0 Å². The minimum atomic E-state index is -0.483. The molecule has 4 rings (SSSR count). The minimum Gasteiger partial charge on any atom is -0.325 e. The number of benzene rings is 1. The first-order valence-corrected chi connectivity index (χ1v) is 10.9. The highest BCUT2D eigenvalue weighted by molar-refractivity contribution is 8.00. The number of fused-ring (bicyclic) bond motifs is 5. The maximum absolute atomic E-state index is 12.7. The van der Waals surface area contributed by atoms with Crippen LogP contribution in [0, 0.1) is 22.5 Å². The molecular weight excluding hydrogens is 402 g/mol. The molecule has 0 unspecified atom stereocenters. The van der Waals surface area contributed by atoms with Gasteiger partial charge in [-0.2, -0.15) is 5.10 Å². The van der Waals surface area contributed by atoms with E-state index in [1.165, 1.54) is 23.9 Å². The molecule has 30 heavy (non-hydrogen) atoms. The summed E-state index contributed by atoms with van der Waals surface area (Å²) in [5, 5.41) is 22.6. The fraction of sp³-hybridized carbons (Fsp3) is 0.524.